The van der Waals surface area contributed by atoms with Crippen molar-refractivity contribution in [1.82, 2.24) is 10.3 Å². The maximum Gasteiger partial charge on any atom is 0.188 e. The van der Waals surface area contributed by atoms with E-state index < -0.39 is 0 Å². The second-order valence-corrected chi connectivity index (χ2v) is 6.23. The molecule has 3 rings (SSSR count). The Hall–Kier alpha value is -0.850. The van der Waals surface area contributed by atoms with Gasteiger partial charge in [0.05, 0.1) is 6.54 Å². The SMILES string of the molecule is I.NC(=NCC1(c2ccccn2)CCC1)NCC1CCC1. The van der Waals surface area contributed by atoms with Crippen LogP contribution in [0.15, 0.2) is 29.4 Å². The first kappa shape index (κ1) is 16.5. The minimum atomic E-state index is 0. The molecule has 2 aliphatic carbocycles. The number of aromatic nitrogens is 1. The molecule has 1 aromatic heterocycles. The van der Waals surface area contributed by atoms with Gasteiger partial charge in [-0.25, -0.2) is 0 Å². The third-order valence-corrected chi connectivity index (χ3v) is 4.87. The molecule has 0 bridgehead atoms. The molecule has 0 saturated heterocycles. The van der Waals surface area contributed by atoms with Crippen LogP contribution in [0.3, 0.4) is 0 Å². The average molecular weight is 400 g/mol. The molecule has 3 N–H and O–H groups in total. The van der Waals surface area contributed by atoms with Gasteiger partial charge >= 0.3 is 0 Å². The van der Waals surface area contributed by atoms with E-state index in [9.17, 15) is 0 Å². The number of aliphatic imine (C=N–C) groups is 1. The zero-order chi connectivity index (χ0) is 13.8. The van der Waals surface area contributed by atoms with Crippen LogP contribution in [0.1, 0.15) is 44.2 Å². The van der Waals surface area contributed by atoms with Gasteiger partial charge in [-0.1, -0.05) is 18.9 Å². The van der Waals surface area contributed by atoms with E-state index in [0.29, 0.717) is 5.96 Å². The molecular weight excluding hydrogens is 375 g/mol. The Labute approximate surface area is 144 Å². The number of rotatable bonds is 5. The Bertz CT molecular complexity index is 466. The molecule has 0 aliphatic heterocycles. The topological polar surface area (TPSA) is 63.3 Å². The first-order chi connectivity index (χ1) is 9.78. The fourth-order valence-corrected chi connectivity index (χ4v) is 3.01. The third-order valence-electron chi connectivity index (χ3n) is 4.87. The van der Waals surface area contributed by atoms with Crippen LogP contribution in [0.4, 0.5) is 0 Å². The zero-order valence-corrected chi connectivity index (χ0v) is 14.8. The molecule has 0 atom stereocenters. The van der Waals surface area contributed by atoms with Crippen molar-refractivity contribution in [2.75, 3.05) is 13.1 Å². The minimum Gasteiger partial charge on any atom is -0.370 e. The van der Waals surface area contributed by atoms with Crippen molar-refractivity contribution in [3.8, 4) is 0 Å². The van der Waals surface area contributed by atoms with Crippen molar-refractivity contribution >= 4 is 29.9 Å². The number of halogens is 1. The first-order valence-electron chi connectivity index (χ1n) is 7.74. The van der Waals surface area contributed by atoms with Crippen LogP contribution in [0, 0.1) is 5.92 Å². The van der Waals surface area contributed by atoms with Crippen molar-refractivity contribution in [3.05, 3.63) is 30.1 Å². The highest BCUT2D eigenvalue weighted by Gasteiger charge is 2.39. The number of guanidine groups is 1. The summed E-state index contributed by atoms with van der Waals surface area (Å²) in [6.45, 7) is 1.74. The third kappa shape index (κ3) is 3.87. The first-order valence-corrected chi connectivity index (χ1v) is 7.74. The van der Waals surface area contributed by atoms with Crippen LogP contribution in [-0.2, 0) is 5.41 Å². The molecule has 2 fully saturated rings. The summed E-state index contributed by atoms with van der Waals surface area (Å²) in [5.74, 6) is 1.40. The Morgan fingerprint density at radius 2 is 2.14 bits per heavy atom. The lowest BCUT2D eigenvalue weighted by molar-refractivity contribution is 0.246. The van der Waals surface area contributed by atoms with Gasteiger partial charge in [0.15, 0.2) is 5.96 Å². The molecule has 0 unspecified atom stereocenters. The van der Waals surface area contributed by atoms with Crippen LogP contribution in [0.5, 0.6) is 0 Å². The summed E-state index contributed by atoms with van der Waals surface area (Å²) in [4.78, 5) is 9.09. The Morgan fingerprint density at radius 3 is 2.67 bits per heavy atom. The molecule has 21 heavy (non-hydrogen) atoms. The monoisotopic (exact) mass is 400 g/mol. The average Bonchev–Trinajstić information content (AvgIpc) is 2.37. The van der Waals surface area contributed by atoms with E-state index in [4.69, 9.17) is 5.73 Å². The minimum absolute atomic E-state index is 0. The lowest BCUT2D eigenvalue weighted by atomic mass is 9.66. The second-order valence-electron chi connectivity index (χ2n) is 6.23. The number of nitrogens with zero attached hydrogens (tertiary/aromatic N) is 2. The van der Waals surface area contributed by atoms with Crippen molar-refractivity contribution in [1.29, 1.82) is 0 Å². The molecule has 1 aromatic rings. The fraction of sp³-hybridized carbons (Fsp3) is 0.625. The van der Waals surface area contributed by atoms with Crippen LogP contribution in [-0.4, -0.2) is 24.0 Å². The van der Waals surface area contributed by atoms with E-state index in [1.54, 1.807) is 0 Å². The van der Waals surface area contributed by atoms with Gasteiger partial charge in [0, 0.05) is 23.9 Å². The lowest BCUT2D eigenvalue weighted by Crippen LogP contribution is -2.41. The molecule has 2 saturated carbocycles. The molecule has 0 spiro atoms. The summed E-state index contributed by atoms with van der Waals surface area (Å²) in [5, 5.41) is 3.26. The summed E-state index contributed by atoms with van der Waals surface area (Å²) in [5.41, 5.74) is 7.28. The van der Waals surface area contributed by atoms with Gasteiger partial charge in [0.25, 0.3) is 0 Å². The molecule has 0 aromatic carbocycles. The van der Waals surface area contributed by atoms with Crippen LogP contribution in [0.25, 0.3) is 0 Å². The van der Waals surface area contributed by atoms with Gasteiger partial charge in [-0.05, 0) is 43.7 Å². The Kier molecular flexibility index (Phi) is 5.84. The number of hydrogen-bond donors (Lipinski definition) is 2. The quantitative estimate of drug-likeness (QED) is 0.454. The van der Waals surface area contributed by atoms with Crippen molar-refractivity contribution in [3.63, 3.8) is 0 Å². The van der Waals surface area contributed by atoms with Crippen molar-refractivity contribution in [2.45, 2.75) is 43.9 Å². The maximum absolute atomic E-state index is 5.98. The van der Waals surface area contributed by atoms with Gasteiger partial charge < -0.3 is 11.1 Å². The number of nitrogens with two attached hydrogens (primary N) is 1. The summed E-state index contributed by atoms with van der Waals surface area (Å²) >= 11 is 0. The van der Waals surface area contributed by atoms with E-state index in [1.807, 2.05) is 12.3 Å². The molecule has 116 valence electrons. The van der Waals surface area contributed by atoms with Gasteiger partial charge in [-0.3, -0.25) is 9.98 Å². The summed E-state index contributed by atoms with van der Waals surface area (Å²) in [6.07, 6.45) is 9.51. The molecule has 0 radical (unpaired) electrons. The van der Waals surface area contributed by atoms with E-state index in [-0.39, 0.29) is 29.4 Å². The maximum atomic E-state index is 5.98. The smallest absolute Gasteiger partial charge is 0.188 e. The normalized spacial score (nSPS) is 20.9. The van der Waals surface area contributed by atoms with Gasteiger partial charge in [0.1, 0.15) is 0 Å². The molecule has 5 heteroatoms. The highest BCUT2D eigenvalue weighted by Crippen LogP contribution is 2.42. The summed E-state index contributed by atoms with van der Waals surface area (Å²) in [7, 11) is 0. The summed E-state index contributed by atoms with van der Waals surface area (Å²) < 4.78 is 0. The number of pyridine rings is 1. The van der Waals surface area contributed by atoms with E-state index in [2.05, 4.69) is 27.4 Å². The molecule has 2 aliphatic rings. The predicted octanol–water partition coefficient (Wildman–Crippen LogP) is 2.83. The van der Waals surface area contributed by atoms with Crippen LogP contribution in [0.2, 0.25) is 0 Å². The molecule has 1 heterocycles. The predicted molar refractivity (Wildman–Crippen MR) is 97.0 cm³/mol. The molecule has 0 amide bonds. The highest BCUT2D eigenvalue weighted by atomic mass is 127. The largest absolute Gasteiger partial charge is 0.370 e. The van der Waals surface area contributed by atoms with E-state index in [0.717, 1.165) is 19.0 Å². The van der Waals surface area contributed by atoms with Crippen LogP contribution < -0.4 is 11.1 Å². The van der Waals surface area contributed by atoms with E-state index in [1.165, 1.54) is 44.2 Å². The fourth-order valence-electron chi connectivity index (χ4n) is 3.01. The van der Waals surface area contributed by atoms with Gasteiger partial charge in [-0.15, -0.1) is 24.0 Å². The lowest BCUT2D eigenvalue weighted by Gasteiger charge is -2.40. The second kappa shape index (κ2) is 7.42. The number of nitrogens with one attached hydrogen (secondary N) is 1. The zero-order valence-electron chi connectivity index (χ0n) is 12.4. The Balaban J connectivity index is 0.00000161. The van der Waals surface area contributed by atoms with Crippen LogP contribution >= 0.6 is 24.0 Å². The van der Waals surface area contributed by atoms with Crippen molar-refractivity contribution in [2.24, 2.45) is 16.6 Å². The molecular formula is C16H25IN4. The van der Waals surface area contributed by atoms with Crippen molar-refractivity contribution < 1.29 is 0 Å². The standard InChI is InChI=1S/C16H24N4.HI/c17-15(19-11-13-5-3-6-13)20-12-16(8-4-9-16)14-7-1-2-10-18-14;/h1-2,7,10,13H,3-6,8-9,11-12H2,(H3,17,19,20);1H. The highest BCUT2D eigenvalue weighted by molar-refractivity contribution is 14.0. The van der Waals surface area contributed by atoms with Gasteiger partial charge in [-0.2, -0.15) is 0 Å². The Morgan fingerprint density at radius 1 is 1.33 bits per heavy atom. The van der Waals surface area contributed by atoms with Gasteiger partial charge in [0.2, 0.25) is 0 Å². The summed E-state index contributed by atoms with van der Waals surface area (Å²) in [6, 6.07) is 6.14. The number of hydrogen-bond acceptors (Lipinski definition) is 2. The molecule has 4 nitrogen and oxygen atoms in total. The van der Waals surface area contributed by atoms with E-state index >= 15 is 0 Å².